The van der Waals surface area contributed by atoms with Crippen molar-refractivity contribution in [1.82, 2.24) is 15.1 Å². The highest BCUT2D eigenvalue weighted by Crippen LogP contribution is 2.31. The summed E-state index contributed by atoms with van der Waals surface area (Å²) in [5.41, 5.74) is 4.08. The Morgan fingerprint density at radius 1 is 1.21 bits per heavy atom. The molecule has 1 saturated carbocycles. The zero-order valence-electron chi connectivity index (χ0n) is 13.0. The first kappa shape index (κ1) is 14.6. The van der Waals surface area contributed by atoms with Gasteiger partial charge in [0.15, 0.2) is 0 Å². The van der Waals surface area contributed by atoms with Crippen LogP contribution in [-0.4, -0.2) is 23.4 Å². The van der Waals surface area contributed by atoms with E-state index in [1.807, 2.05) is 7.05 Å². The van der Waals surface area contributed by atoms with Crippen LogP contribution in [0.25, 0.3) is 0 Å². The molecule has 0 radical (unpaired) electrons. The molecule has 1 aliphatic rings. The van der Waals surface area contributed by atoms with Crippen molar-refractivity contribution in [2.45, 2.75) is 71.3 Å². The number of hydrogen-bond donors (Lipinski definition) is 1. The van der Waals surface area contributed by atoms with Crippen molar-refractivity contribution in [3.8, 4) is 0 Å². The van der Waals surface area contributed by atoms with E-state index in [1.54, 1.807) is 0 Å². The standard InChI is InChI=1S/C16H29N3/c1-12(11-17-4)16-13(2)18-19(14(16)3)15-9-7-5-6-8-10-15/h12,15,17H,5-11H2,1-4H3. The van der Waals surface area contributed by atoms with Gasteiger partial charge in [-0.3, -0.25) is 4.68 Å². The van der Waals surface area contributed by atoms with E-state index in [0.29, 0.717) is 12.0 Å². The molecule has 19 heavy (non-hydrogen) atoms. The summed E-state index contributed by atoms with van der Waals surface area (Å²) in [5.74, 6) is 0.546. The van der Waals surface area contributed by atoms with Gasteiger partial charge in [0.05, 0.1) is 11.7 Å². The highest BCUT2D eigenvalue weighted by atomic mass is 15.3. The van der Waals surface area contributed by atoms with E-state index in [2.05, 4.69) is 30.8 Å². The van der Waals surface area contributed by atoms with Crippen molar-refractivity contribution < 1.29 is 0 Å². The number of hydrogen-bond acceptors (Lipinski definition) is 2. The molecular formula is C16H29N3. The second-order valence-electron chi connectivity index (χ2n) is 6.13. The molecule has 1 unspecified atom stereocenters. The first-order chi connectivity index (χ1) is 9.15. The average molecular weight is 263 g/mol. The molecule has 0 spiro atoms. The SMILES string of the molecule is CNCC(C)c1c(C)nn(C2CCCCCC2)c1C. The van der Waals surface area contributed by atoms with Crippen molar-refractivity contribution in [2.75, 3.05) is 13.6 Å². The summed E-state index contributed by atoms with van der Waals surface area (Å²) < 4.78 is 2.34. The Bertz CT molecular complexity index is 400. The van der Waals surface area contributed by atoms with Gasteiger partial charge < -0.3 is 5.32 Å². The van der Waals surface area contributed by atoms with Crippen molar-refractivity contribution >= 4 is 0 Å². The molecule has 1 aromatic rings. The lowest BCUT2D eigenvalue weighted by atomic mass is 9.99. The molecule has 1 fully saturated rings. The van der Waals surface area contributed by atoms with Crippen molar-refractivity contribution in [2.24, 2.45) is 0 Å². The molecule has 1 N–H and O–H groups in total. The van der Waals surface area contributed by atoms with Crippen LogP contribution in [0.1, 0.15) is 74.4 Å². The van der Waals surface area contributed by atoms with Gasteiger partial charge in [-0.1, -0.05) is 32.6 Å². The van der Waals surface area contributed by atoms with E-state index in [-0.39, 0.29) is 0 Å². The Labute approximate surface area is 117 Å². The van der Waals surface area contributed by atoms with E-state index >= 15 is 0 Å². The maximum Gasteiger partial charge on any atom is 0.0631 e. The first-order valence-electron chi connectivity index (χ1n) is 7.85. The number of rotatable bonds is 4. The van der Waals surface area contributed by atoms with E-state index in [1.165, 1.54) is 55.5 Å². The minimum absolute atomic E-state index is 0.546. The number of nitrogens with one attached hydrogen (secondary N) is 1. The van der Waals surface area contributed by atoms with E-state index in [9.17, 15) is 0 Å². The van der Waals surface area contributed by atoms with Crippen LogP contribution in [0, 0.1) is 13.8 Å². The molecule has 108 valence electrons. The summed E-state index contributed by atoms with van der Waals surface area (Å²) in [7, 11) is 2.02. The monoisotopic (exact) mass is 263 g/mol. The fourth-order valence-corrected chi connectivity index (χ4v) is 3.66. The third kappa shape index (κ3) is 3.19. The van der Waals surface area contributed by atoms with Crippen LogP contribution in [0.2, 0.25) is 0 Å². The van der Waals surface area contributed by atoms with Crippen LogP contribution in [0.3, 0.4) is 0 Å². The van der Waals surface area contributed by atoms with Gasteiger partial charge in [-0.2, -0.15) is 5.10 Å². The number of aryl methyl sites for hydroxylation is 1. The quantitative estimate of drug-likeness (QED) is 0.839. The van der Waals surface area contributed by atoms with Gasteiger partial charge in [0.1, 0.15) is 0 Å². The lowest BCUT2D eigenvalue weighted by molar-refractivity contribution is 0.396. The van der Waals surface area contributed by atoms with Gasteiger partial charge in [-0.15, -0.1) is 0 Å². The molecule has 3 nitrogen and oxygen atoms in total. The summed E-state index contributed by atoms with van der Waals surface area (Å²) in [6, 6.07) is 0.636. The molecule has 0 saturated heterocycles. The number of aromatic nitrogens is 2. The summed E-state index contributed by atoms with van der Waals surface area (Å²) in [6.45, 7) is 7.75. The summed E-state index contributed by atoms with van der Waals surface area (Å²) in [5, 5.41) is 8.15. The number of likely N-dealkylation sites (N-methyl/N-ethyl adjacent to an activating group) is 1. The predicted molar refractivity (Wildman–Crippen MR) is 80.8 cm³/mol. The largest absolute Gasteiger partial charge is 0.319 e. The van der Waals surface area contributed by atoms with E-state index in [0.717, 1.165) is 6.54 Å². The zero-order chi connectivity index (χ0) is 13.8. The third-order valence-electron chi connectivity index (χ3n) is 4.55. The Hall–Kier alpha value is -0.830. The highest BCUT2D eigenvalue weighted by Gasteiger charge is 2.22. The molecule has 0 aliphatic heterocycles. The second-order valence-corrected chi connectivity index (χ2v) is 6.13. The van der Waals surface area contributed by atoms with Crippen molar-refractivity contribution in [1.29, 1.82) is 0 Å². The fraction of sp³-hybridized carbons (Fsp3) is 0.812. The van der Waals surface area contributed by atoms with Gasteiger partial charge in [0, 0.05) is 17.8 Å². The average Bonchev–Trinajstić information content (AvgIpc) is 2.59. The van der Waals surface area contributed by atoms with E-state index in [4.69, 9.17) is 5.10 Å². The molecule has 1 aliphatic carbocycles. The van der Waals surface area contributed by atoms with Crippen molar-refractivity contribution in [3.05, 3.63) is 17.0 Å². The van der Waals surface area contributed by atoms with Gasteiger partial charge in [0.25, 0.3) is 0 Å². The minimum atomic E-state index is 0.546. The fourth-order valence-electron chi connectivity index (χ4n) is 3.66. The molecule has 0 bridgehead atoms. The first-order valence-corrected chi connectivity index (χ1v) is 7.85. The highest BCUT2D eigenvalue weighted by molar-refractivity contribution is 5.29. The van der Waals surface area contributed by atoms with Gasteiger partial charge >= 0.3 is 0 Å². The maximum absolute atomic E-state index is 4.87. The predicted octanol–water partition coefficient (Wildman–Crippen LogP) is 3.72. The second kappa shape index (κ2) is 6.56. The Morgan fingerprint density at radius 3 is 2.42 bits per heavy atom. The summed E-state index contributed by atoms with van der Waals surface area (Å²) >= 11 is 0. The Morgan fingerprint density at radius 2 is 1.84 bits per heavy atom. The molecule has 0 aromatic carbocycles. The number of nitrogens with zero attached hydrogens (tertiary/aromatic N) is 2. The normalized spacial score (nSPS) is 19.4. The van der Waals surface area contributed by atoms with Gasteiger partial charge in [-0.25, -0.2) is 0 Å². The molecular weight excluding hydrogens is 234 g/mol. The molecule has 3 heteroatoms. The van der Waals surface area contributed by atoms with Crippen LogP contribution >= 0.6 is 0 Å². The van der Waals surface area contributed by atoms with Crippen LogP contribution < -0.4 is 5.32 Å². The maximum atomic E-state index is 4.87. The minimum Gasteiger partial charge on any atom is -0.319 e. The topological polar surface area (TPSA) is 29.9 Å². The summed E-state index contributed by atoms with van der Waals surface area (Å²) in [6.07, 6.45) is 8.15. The molecule has 1 heterocycles. The zero-order valence-corrected chi connectivity index (χ0v) is 13.0. The van der Waals surface area contributed by atoms with Gasteiger partial charge in [0.2, 0.25) is 0 Å². The molecule has 0 amide bonds. The van der Waals surface area contributed by atoms with Crippen molar-refractivity contribution in [3.63, 3.8) is 0 Å². The molecule has 1 atom stereocenters. The lowest BCUT2D eigenvalue weighted by Gasteiger charge is -2.18. The third-order valence-corrected chi connectivity index (χ3v) is 4.55. The molecule has 1 aromatic heterocycles. The Balaban J connectivity index is 2.24. The van der Waals surface area contributed by atoms with Crippen LogP contribution in [0.5, 0.6) is 0 Å². The van der Waals surface area contributed by atoms with Crippen LogP contribution in [0.4, 0.5) is 0 Å². The van der Waals surface area contributed by atoms with Crippen LogP contribution in [-0.2, 0) is 0 Å². The summed E-state index contributed by atoms with van der Waals surface area (Å²) in [4.78, 5) is 0. The molecule has 2 rings (SSSR count). The van der Waals surface area contributed by atoms with Gasteiger partial charge in [-0.05, 0) is 39.7 Å². The van der Waals surface area contributed by atoms with Crippen LogP contribution in [0.15, 0.2) is 0 Å². The Kier molecular flexibility index (Phi) is 5.03. The lowest BCUT2D eigenvalue weighted by Crippen LogP contribution is -2.16. The smallest absolute Gasteiger partial charge is 0.0631 e. The van der Waals surface area contributed by atoms with E-state index < -0.39 is 0 Å².